The van der Waals surface area contributed by atoms with Crippen LogP contribution < -0.4 is 0 Å². The van der Waals surface area contributed by atoms with Crippen LogP contribution in [0, 0.1) is 0 Å². The van der Waals surface area contributed by atoms with Gasteiger partial charge in [0.2, 0.25) is 0 Å². The average Bonchev–Trinajstić information content (AvgIpc) is 2.15. The summed E-state index contributed by atoms with van der Waals surface area (Å²) >= 11 is 0. The molecule has 0 fully saturated rings. The molecule has 13 heavy (non-hydrogen) atoms. The van der Waals surface area contributed by atoms with Gasteiger partial charge in [-0.05, 0) is 0 Å². The molecule has 0 radical (unpaired) electrons. The maximum atomic E-state index is 10.4. The first kappa shape index (κ1) is 9.31. The topological polar surface area (TPSA) is 66.7 Å². The van der Waals surface area contributed by atoms with Gasteiger partial charge in [0.25, 0.3) is 0 Å². The molecule has 1 aromatic carbocycles. The molecular weight excluding hydrogens is 169 g/mol. The van der Waals surface area contributed by atoms with Crippen molar-refractivity contribution < 1.29 is 14.6 Å². The van der Waals surface area contributed by atoms with Crippen LogP contribution in [0.5, 0.6) is 0 Å². The van der Waals surface area contributed by atoms with Crippen LogP contribution in [-0.2, 0) is 4.70 Å². The van der Waals surface area contributed by atoms with Gasteiger partial charge in [-0.2, -0.15) is 0 Å². The molecule has 0 saturated heterocycles. The third-order valence-electron chi connectivity index (χ3n) is 1.40. The predicted molar refractivity (Wildman–Crippen MR) is 48.0 cm³/mol. The first-order valence-electron chi connectivity index (χ1n) is 3.55. The summed E-state index contributed by atoms with van der Waals surface area (Å²) in [6.45, 7) is 0. The number of aliphatic imine (C=N–C) groups is 1. The van der Waals surface area contributed by atoms with Gasteiger partial charge in [-0.3, -0.25) is 0 Å². The number of hydrogen-bond acceptors (Lipinski definition) is 3. The van der Waals surface area contributed by atoms with E-state index in [2.05, 4.69) is 4.99 Å². The van der Waals surface area contributed by atoms with Crippen LogP contribution in [0.4, 0.5) is 5.69 Å². The zero-order chi connectivity index (χ0) is 9.68. The average molecular weight is 175 g/mol. The van der Waals surface area contributed by atoms with Gasteiger partial charge in [-0.1, -0.05) is 0 Å². The summed E-state index contributed by atoms with van der Waals surface area (Å²) in [6.07, 6.45) is 1.11. The van der Waals surface area contributed by atoms with Gasteiger partial charge in [0.05, 0.1) is 0 Å². The van der Waals surface area contributed by atoms with Crippen LogP contribution in [0.2, 0.25) is 0 Å². The summed E-state index contributed by atoms with van der Waals surface area (Å²) in [5, 5.41) is 8.56. The zero-order valence-corrected chi connectivity index (χ0v) is 6.68. The molecule has 1 N–H and O–H groups in total. The van der Waals surface area contributed by atoms with Gasteiger partial charge in [0.1, 0.15) is 0 Å². The number of carboxylic acids is 1. The minimum atomic E-state index is -0.981. The van der Waals surface area contributed by atoms with Crippen molar-refractivity contribution in [3.05, 3.63) is 29.8 Å². The number of carbonyl (C=O) groups is 1. The molecule has 0 aliphatic rings. The molecule has 1 aromatic rings. The number of benzene rings is 1. The Balaban J connectivity index is 2.87. The van der Waals surface area contributed by atoms with E-state index >= 15 is 0 Å². The number of rotatable bonds is 3. The van der Waals surface area contributed by atoms with Crippen molar-refractivity contribution in [1.29, 1.82) is 0 Å². The second-order valence-electron chi connectivity index (χ2n) is 2.27. The third-order valence-corrected chi connectivity index (χ3v) is 1.40. The van der Waals surface area contributed by atoms with Gasteiger partial charge in [-0.25, -0.2) is 0 Å². The van der Waals surface area contributed by atoms with Crippen molar-refractivity contribution in [2.45, 2.75) is 0 Å². The molecule has 0 spiro atoms. The molecule has 1 rings (SSSR count). The van der Waals surface area contributed by atoms with Crippen molar-refractivity contribution >= 4 is 24.9 Å². The van der Waals surface area contributed by atoms with E-state index in [4.69, 9.17) is 5.11 Å². The van der Waals surface area contributed by atoms with Crippen molar-refractivity contribution in [3.8, 4) is 0 Å². The number of aromatic carboxylic acids is 1. The first-order chi connectivity index (χ1) is 6.24. The quantitative estimate of drug-likeness (QED) is 0.552. The Morgan fingerprint density at radius 2 is 2.00 bits per heavy atom. The van der Waals surface area contributed by atoms with Gasteiger partial charge in [0, 0.05) is 0 Å². The van der Waals surface area contributed by atoms with Gasteiger partial charge < -0.3 is 0 Å². The van der Waals surface area contributed by atoms with Crippen molar-refractivity contribution in [1.82, 2.24) is 0 Å². The van der Waals surface area contributed by atoms with Crippen LogP contribution in [0.25, 0.3) is 0 Å². The molecule has 0 aromatic heterocycles. The summed E-state index contributed by atoms with van der Waals surface area (Å²) < 4.78 is 9.91. The first-order valence-corrected chi connectivity index (χ1v) is 3.55. The maximum absolute atomic E-state index is 10.4. The molecule has 0 unspecified atom stereocenters. The van der Waals surface area contributed by atoms with E-state index in [9.17, 15) is 9.50 Å². The summed E-state index contributed by atoms with van der Waals surface area (Å²) in [5.41, 5.74) is 0.752. The monoisotopic (exact) mass is 175 g/mol. The Kier molecular flexibility index (Phi) is 3.08. The van der Waals surface area contributed by atoms with Crippen LogP contribution in [0.15, 0.2) is 29.3 Å². The Labute approximate surface area is 75.2 Å². The summed E-state index contributed by atoms with van der Waals surface area (Å²) in [6, 6.07) is 5.92. The number of hydrogen-bond donors (Lipinski definition) is 1. The molecule has 4 nitrogen and oxygen atoms in total. The normalized spacial score (nSPS) is 9.85. The van der Waals surface area contributed by atoms with Gasteiger partial charge in [-0.15, -0.1) is 0 Å². The van der Waals surface area contributed by atoms with E-state index in [0.717, 1.165) is 6.11 Å². The van der Waals surface area contributed by atoms with Crippen molar-refractivity contribution in [3.63, 3.8) is 0 Å². The molecular formula is C8H6BNO3. The van der Waals surface area contributed by atoms with Crippen LogP contribution >= 0.6 is 0 Å². The molecule has 0 aliphatic heterocycles. The molecule has 0 atom stereocenters. The third kappa shape index (κ3) is 2.63. The number of carboxylic acid groups (broad SMARTS) is 1. The van der Waals surface area contributed by atoms with Crippen LogP contribution in [-0.4, -0.2) is 24.3 Å². The van der Waals surface area contributed by atoms with E-state index in [1.807, 2.05) is 0 Å². The summed E-state index contributed by atoms with van der Waals surface area (Å²) in [4.78, 5) is 14.2. The predicted octanol–water partition coefficient (Wildman–Crippen LogP) is 1.09. The van der Waals surface area contributed by atoms with E-state index in [1.54, 1.807) is 0 Å². The molecule has 0 heterocycles. The van der Waals surface area contributed by atoms with Gasteiger partial charge >= 0.3 is 74.3 Å². The SMILES string of the molecule is O=BC=Nc1ccc(C(=O)O)cc1. The number of nitrogens with zero attached hydrogens (tertiary/aromatic N) is 1. The summed E-state index contributed by atoms with van der Waals surface area (Å²) in [5.74, 6) is -0.981. The van der Waals surface area contributed by atoms with E-state index in [0.29, 0.717) is 12.8 Å². The Morgan fingerprint density at radius 3 is 2.46 bits per heavy atom. The zero-order valence-electron chi connectivity index (χ0n) is 6.68. The van der Waals surface area contributed by atoms with Crippen LogP contribution in [0.3, 0.4) is 0 Å². The van der Waals surface area contributed by atoms with E-state index in [-0.39, 0.29) is 5.56 Å². The molecule has 0 bridgehead atoms. The fourth-order valence-electron chi connectivity index (χ4n) is 0.807. The van der Waals surface area contributed by atoms with E-state index in [1.165, 1.54) is 24.3 Å². The molecule has 0 saturated carbocycles. The Hall–Kier alpha value is -1.78. The molecule has 0 amide bonds. The Bertz CT molecular complexity index is 345. The summed E-state index contributed by atoms with van der Waals surface area (Å²) in [7, 11) is 0.561. The minimum absolute atomic E-state index is 0.199. The molecule has 5 heteroatoms. The van der Waals surface area contributed by atoms with Crippen molar-refractivity contribution in [2.24, 2.45) is 4.99 Å². The van der Waals surface area contributed by atoms with Crippen LogP contribution in [0.1, 0.15) is 10.4 Å². The fourth-order valence-corrected chi connectivity index (χ4v) is 0.807. The van der Waals surface area contributed by atoms with Gasteiger partial charge in [0.15, 0.2) is 0 Å². The molecule has 0 aliphatic carbocycles. The second kappa shape index (κ2) is 4.30. The standard InChI is InChI=1S/C8H6BNO3/c11-8(12)6-1-3-7(4-2-6)10-5-9-13/h1-5H,(H,11,12). The van der Waals surface area contributed by atoms with E-state index < -0.39 is 5.97 Å². The molecule has 64 valence electrons. The fraction of sp³-hybridized carbons (Fsp3) is 0. The van der Waals surface area contributed by atoms with Crippen molar-refractivity contribution in [2.75, 3.05) is 0 Å². The second-order valence-corrected chi connectivity index (χ2v) is 2.27. The Morgan fingerprint density at radius 1 is 1.38 bits per heavy atom.